The van der Waals surface area contributed by atoms with E-state index >= 15 is 0 Å². The molecule has 1 heterocycles. The predicted molar refractivity (Wildman–Crippen MR) is 93.7 cm³/mol. The first-order valence-corrected chi connectivity index (χ1v) is 9.52. The number of esters is 1. The molecule has 2 aliphatic rings. The molecule has 0 aromatic carbocycles. The summed E-state index contributed by atoms with van der Waals surface area (Å²) in [5.74, 6) is -2.57. The van der Waals surface area contributed by atoms with Crippen LogP contribution in [0.15, 0.2) is 6.07 Å². The molecule has 2 bridgehead atoms. The smallest absolute Gasteiger partial charge is 0.340 e. The van der Waals surface area contributed by atoms with Gasteiger partial charge in [0.15, 0.2) is 0 Å². The summed E-state index contributed by atoms with van der Waals surface area (Å²) in [5, 5.41) is 12.8. The highest BCUT2D eigenvalue weighted by Gasteiger charge is 2.54. The highest BCUT2D eigenvalue weighted by molar-refractivity contribution is 7.16. The molecule has 6 nitrogen and oxygen atoms in total. The highest BCUT2D eigenvalue weighted by atomic mass is 32.1. The molecule has 1 amide bonds. The highest BCUT2D eigenvalue weighted by Crippen LogP contribution is 2.52. The maximum absolute atomic E-state index is 12.8. The Hall–Kier alpha value is -1.89. The van der Waals surface area contributed by atoms with Crippen molar-refractivity contribution < 1.29 is 24.2 Å². The summed E-state index contributed by atoms with van der Waals surface area (Å²) in [5.41, 5.74) is 0.347. The van der Waals surface area contributed by atoms with Gasteiger partial charge in [-0.2, -0.15) is 0 Å². The molecule has 25 heavy (non-hydrogen) atoms. The average molecular weight is 365 g/mol. The van der Waals surface area contributed by atoms with Gasteiger partial charge in [-0.25, -0.2) is 4.79 Å². The minimum atomic E-state index is -0.890. The molecule has 0 spiro atoms. The average Bonchev–Trinajstić information content (AvgIpc) is 3.28. The van der Waals surface area contributed by atoms with E-state index in [0.717, 1.165) is 37.0 Å². The van der Waals surface area contributed by atoms with E-state index in [1.165, 1.54) is 18.4 Å². The summed E-state index contributed by atoms with van der Waals surface area (Å²) in [6.45, 7) is 2.04. The van der Waals surface area contributed by atoms with Gasteiger partial charge in [0, 0.05) is 4.88 Å². The number of fused-ring (bicyclic) bond motifs is 2. The van der Waals surface area contributed by atoms with E-state index in [9.17, 15) is 19.5 Å². The van der Waals surface area contributed by atoms with Gasteiger partial charge in [0.05, 0.1) is 24.5 Å². The van der Waals surface area contributed by atoms with Gasteiger partial charge < -0.3 is 15.2 Å². The van der Waals surface area contributed by atoms with Crippen molar-refractivity contribution in [2.75, 3.05) is 12.4 Å². The van der Waals surface area contributed by atoms with Crippen LogP contribution in [0.25, 0.3) is 0 Å². The van der Waals surface area contributed by atoms with E-state index in [-0.39, 0.29) is 17.7 Å². The number of methoxy groups -OCH3 is 1. The van der Waals surface area contributed by atoms with E-state index in [1.54, 1.807) is 6.07 Å². The number of carboxylic acids is 1. The van der Waals surface area contributed by atoms with Crippen LogP contribution in [-0.2, 0) is 20.7 Å². The van der Waals surface area contributed by atoms with Crippen molar-refractivity contribution in [3.8, 4) is 0 Å². The van der Waals surface area contributed by atoms with Crippen LogP contribution >= 0.6 is 11.3 Å². The second-order valence-corrected chi connectivity index (χ2v) is 8.05. The Labute approximate surface area is 150 Å². The molecule has 2 fully saturated rings. The Balaban J connectivity index is 1.83. The normalized spacial score (nSPS) is 27.3. The molecule has 2 N–H and O–H groups in total. The van der Waals surface area contributed by atoms with Crippen LogP contribution in [0.2, 0.25) is 0 Å². The lowest BCUT2D eigenvalue weighted by Gasteiger charge is -2.26. The quantitative estimate of drug-likeness (QED) is 0.755. The zero-order valence-electron chi connectivity index (χ0n) is 14.4. The summed E-state index contributed by atoms with van der Waals surface area (Å²) in [7, 11) is 1.31. The molecule has 1 aromatic heterocycles. The van der Waals surface area contributed by atoms with Gasteiger partial charge in [0.25, 0.3) is 0 Å². The van der Waals surface area contributed by atoms with Crippen LogP contribution < -0.4 is 5.32 Å². The van der Waals surface area contributed by atoms with Gasteiger partial charge in [-0.05, 0) is 43.6 Å². The van der Waals surface area contributed by atoms with Crippen LogP contribution in [0.1, 0.15) is 47.8 Å². The number of hydrogen-bond acceptors (Lipinski definition) is 5. The number of thiophene rings is 1. The van der Waals surface area contributed by atoms with E-state index in [4.69, 9.17) is 4.74 Å². The number of carboxylic acid groups (broad SMARTS) is 1. The van der Waals surface area contributed by atoms with Gasteiger partial charge in [-0.3, -0.25) is 9.59 Å². The lowest BCUT2D eigenvalue weighted by Crippen LogP contribution is -2.37. The first-order valence-electron chi connectivity index (χ1n) is 8.70. The Morgan fingerprint density at radius 1 is 1.28 bits per heavy atom. The molecule has 2 aliphatic carbocycles. The first kappa shape index (κ1) is 17.9. The molecular formula is C18H23NO5S. The number of carbonyl (C=O) groups excluding carboxylic acids is 2. The molecule has 0 aliphatic heterocycles. The van der Waals surface area contributed by atoms with Gasteiger partial charge in [0.2, 0.25) is 5.91 Å². The first-order chi connectivity index (χ1) is 12.0. The van der Waals surface area contributed by atoms with Crippen LogP contribution in [0.3, 0.4) is 0 Å². The van der Waals surface area contributed by atoms with Crippen molar-refractivity contribution in [2.24, 2.45) is 23.7 Å². The monoisotopic (exact) mass is 365 g/mol. The molecule has 136 valence electrons. The van der Waals surface area contributed by atoms with Gasteiger partial charge in [-0.1, -0.05) is 13.3 Å². The van der Waals surface area contributed by atoms with Crippen LogP contribution in [0, 0.1) is 23.7 Å². The largest absolute Gasteiger partial charge is 0.481 e. The molecule has 0 radical (unpaired) electrons. The summed E-state index contributed by atoms with van der Waals surface area (Å²) < 4.78 is 4.81. The van der Waals surface area contributed by atoms with Crippen molar-refractivity contribution in [1.82, 2.24) is 0 Å². The van der Waals surface area contributed by atoms with Crippen molar-refractivity contribution >= 4 is 34.2 Å². The Morgan fingerprint density at radius 2 is 1.96 bits per heavy atom. The third-order valence-corrected chi connectivity index (χ3v) is 6.54. The van der Waals surface area contributed by atoms with E-state index in [1.807, 2.05) is 6.92 Å². The van der Waals surface area contributed by atoms with Gasteiger partial charge in [0.1, 0.15) is 5.00 Å². The van der Waals surface area contributed by atoms with Crippen molar-refractivity contribution in [3.05, 3.63) is 16.5 Å². The number of hydrogen-bond donors (Lipinski definition) is 2. The summed E-state index contributed by atoms with van der Waals surface area (Å²) in [6, 6.07) is 1.76. The predicted octanol–water partition coefficient (Wildman–Crippen LogP) is 3.17. The zero-order chi connectivity index (χ0) is 18.1. The topological polar surface area (TPSA) is 92.7 Å². The number of nitrogens with one attached hydrogen (secondary N) is 1. The summed E-state index contributed by atoms with van der Waals surface area (Å²) in [4.78, 5) is 37.4. The number of anilines is 1. The van der Waals surface area contributed by atoms with Gasteiger partial charge >= 0.3 is 11.9 Å². The summed E-state index contributed by atoms with van der Waals surface area (Å²) >= 11 is 1.36. The number of aryl methyl sites for hydroxylation is 1. The minimum Gasteiger partial charge on any atom is -0.481 e. The van der Waals surface area contributed by atoms with E-state index in [0.29, 0.717) is 10.6 Å². The van der Waals surface area contributed by atoms with Crippen LogP contribution in [0.4, 0.5) is 5.00 Å². The van der Waals surface area contributed by atoms with Crippen molar-refractivity contribution in [1.29, 1.82) is 0 Å². The second kappa shape index (κ2) is 7.15. The lowest BCUT2D eigenvalue weighted by atomic mass is 9.79. The minimum absolute atomic E-state index is 0.0947. The Bertz CT molecular complexity index is 698. The van der Waals surface area contributed by atoms with Crippen LogP contribution in [-0.4, -0.2) is 30.1 Å². The lowest BCUT2D eigenvalue weighted by molar-refractivity contribution is -0.148. The number of amides is 1. The number of aliphatic carboxylic acids is 1. The SMILES string of the molecule is CCCc1cc(C(=O)OC)c(NC(=O)[C@H]2[C@H]3CC[C@@H](C3)[C@H]2C(=O)O)s1. The zero-order valence-corrected chi connectivity index (χ0v) is 15.2. The second-order valence-electron chi connectivity index (χ2n) is 6.91. The fourth-order valence-electron chi connectivity index (χ4n) is 4.39. The fraction of sp³-hybridized carbons (Fsp3) is 0.611. The van der Waals surface area contributed by atoms with Crippen molar-refractivity contribution in [2.45, 2.75) is 39.0 Å². The van der Waals surface area contributed by atoms with Crippen LogP contribution in [0.5, 0.6) is 0 Å². The maximum atomic E-state index is 12.8. The maximum Gasteiger partial charge on any atom is 0.340 e. The number of carbonyl (C=O) groups is 3. The van der Waals surface area contributed by atoms with Crippen molar-refractivity contribution in [3.63, 3.8) is 0 Å². The van der Waals surface area contributed by atoms with E-state index < -0.39 is 23.8 Å². The third kappa shape index (κ3) is 3.29. The molecule has 3 rings (SSSR count). The molecular weight excluding hydrogens is 342 g/mol. The number of ether oxygens (including phenoxy) is 1. The standard InChI is InChI=1S/C18H23NO5S/c1-3-4-11-8-12(18(23)24-2)16(25-11)19-15(20)13-9-5-6-10(7-9)14(13)17(21)22/h8-10,13-14H,3-7H2,1-2H3,(H,19,20)(H,21,22)/t9-,10-,13-,14+/m0/s1. The molecule has 2 saturated carbocycles. The fourth-order valence-corrected chi connectivity index (χ4v) is 5.53. The molecule has 0 saturated heterocycles. The molecule has 0 unspecified atom stereocenters. The molecule has 7 heteroatoms. The third-order valence-electron chi connectivity index (χ3n) is 5.43. The molecule has 4 atom stereocenters. The number of rotatable bonds is 6. The van der Waals surface area contributed by atoms with Gasteiger partial charge in [-0.15, -0.1) is 11.3 Å². The molecule has 1 aromatic rings. The summed E-state index contributed by atoms with van der Waals surface area (Å²) in [6.07, 6.45) is 4.35. The van der Waals surface area contributed by atoms with E-state index in [2.05, 4.69) is 5.32 Å². The Morgan fingerprint density at radius 3 is 2.56 bits per heavy atom. The Kier molecular flexibility index (Phi) is 5.13.